The van der Waals surface area contributed by atoms with E-state index in [2.05, 4.69) is 11.4 Å². The second-order valence-corrected chi connectivity index (χ2v) is 3.94. The molecule has 0 aliphatic carbocycles. The molecule has 0 spiro atoms. The third-order valence-electron chi connectivity index (χ3n) is 1.77. The smallest absolute Gasteiger partial charge is 0.0897 e. The van der Waals surface area contributed by atoms with E-state index in [9.17, 15) is 0 Å². The Hall–Kier alpha value is -0.420. The molecule has 74 valence electrons. The molecule has 1 aromatic rings. The van der Waals surface area contributed by atoms with Crippen molar-refractivity contribution in [2.75, 3.05) is 20.2 Å². The Morgan fingerprint density at radius 2 is 2.38 bits per heavy atom. The highest BCUT2D eigenvalue weighted by Crippen LogP contribution is 2.08. The summed E-state index contributed by atoms with van der Waals surface area (Å²) in [7, 11) is 1.93. The lowest BCUT2D eigenvalue weighted by molar-refractivity contribution is 0.0648. The number of likely N-dealkylation sites (N-methyl/N-ethyl adjacent to an activating group) is 1. The van der Waals surface area contributed by atoms with Gasteiger partial charge in [0.1, 0.15) is 0 Å². The average Bonchev–Trinajstić information content (AvgIpc) is 2.56. The summed E-state index contributed by atoms with van der Waals surface area (Å²) in [4.78, 5) is 1.99. The quantitative estimate of drug-likeness (QED) is 0.730. The van der Waals surface area contributed by atoms with E-state index < -0.39 is 6.10 Å². The average molecular weight is 201 g/mol. The van der Waals surface area contributed by atoms with Gasteiger partial charge in [0.25, 0.3) is 0 Å². The van der Waals surface area contributed by atoms with Crippen LogP contribution in [-0.4, -0.2) is 41.4 Å². The second-order valence-electron chi connectivity index (χ2n) is 3.16. The summed E-state index contributed by atoms with van der Waals surface area (Å²) < 4.78 is 0. The molecule has 0 aliphatic heterocycles. The number of aliphatic hydroxyl groups excluding tert-OH is 2. The van der Waals surface area contributed by atoms with Gasteiger partial charge in [-0.05, 0) is 29.4 Å². The van der Waals surface area contributed by atoms with E-state index in [0.29, 0.717) is 6.54 Å². The molecule has 1 aromatic heterocycles. The van der Waals surface area contributed by atoms with Crippen LogP contribution in [0, 0.1) is 0 Å². The van der Waals surface area contributed by atoms with E-state index in [4.69, 9.17) is 10.2 Å². The molecule has 1 unspecified atom stereocenters. The van der Waals surface area contributed by atoms with Crippen LogP contribution in [-0.2, 0) is 6.54 Å². The van der Waals surface area contributed by atoms with E-state index >= 15 is 0 Å². The van der Waals surface area contributed by atoms with Crippen molar-refractivity contribution < 1.29 is 10.2 Å². The summed E-state index contributed by atoms with van der Waals surface area (Å²) >= 11 is 1.67. The molecule has 4 heteroatoms. The molecular formula is C9H15NO2S. The number of nitrogens with zero attached hydrogens (tertiary/aromatic N) is 1. The Morgan fingerprint density at radius 3 is 2.92 bits per heavy atom. The van der Waals surface area contributed by atoms with Gasteiger partial charge in [0.2, 0.25) is 0 Å². The minimum Gasteiger partial charge on any atom is -0.394 e. The molecule has 13 heavy (non-hydrogen) atoms. The second kappa shape index (κ2) is 5.34. The summed E-state index contributed by atoms with van der Waals surface area (Å²) in [5.41, 5.74) is 1.25. The van der Waals surface area contributed by atoms with Gasteiger partial charge in [-0.2, -0.15) is 11.3 Å². The van der Waals surface area contributed by atoms with Gasteiger partial charge in [-0.3, -0.25) is 4.90 Å². The van der Waals surface area contributed by atoms with Crippen LogP contribution < -0.4 is 0 Å². The monoisotopic (exact) mass is 201 g/mol. The lowest BCUT2D eigenvalue weighted by Crippen LogP contribution is -2.30. The maximum atomic E-state index is 9.17. The zero-order valence-corrected chi connectivity index (χ0v) is 8.50. The molecule has 1 rings (SSSR count). The Kier molecular flexibility index (Phi) is 4.38. The molecule has 0 saturated heterocycles. The van der Waals surface area contributed by atoms with Crippen LogP contribution in [0.2, 0.25) is 0 Å². The SMILES string of the molecule is CN(Cc1ccsc1)CC(O)CO. The number of hydrogen-bond donors (Lipinski definition) is 2. The first-order valence-corrected chi connectivity index (χ1v) is 5.15. The molecule has 1 heterocycles. The Labute approximate surface area is 82.2 Å². The van der Waals surface area contributed by atoms with E-state index in [-0.39, 0.29) is 6.61 Å². The third-order valence-corrected chi connectivity index (χ3v) is 2.50. The minimum absolute atomic E-state index is 0.173. The van der Waals surface area contributed by atoms with Crippen molar-refractivity contribution in [1.82, 2.24) is 4.90 Å². The maximum Gasteiger partial charge on any atom is 0.0897 e. The number of aliphatic hydroxyl groups is 2. The van der Waals surface area contributed by atoms with Gasteiger partial charge in [-0.15, -0.1) is 0 Å². The third kappa shape index (κ3) is 3.87. The first-order valence-electron chi connectivity index (χ1n) is 4.21. The normalized spacial score (nSPS) is 13.5. The maximum absolute atomic E-state index is 9.17. The summed E-state index contributed by atoms with van der Waals surface area (Å²) in [6.45, 7) is 1.15. The number of rotatable bonds is 5. The molecule has 1 atom stereocenters. The highest BCUT2D eigenvalue weighted by Gasteiger charge is 2.06. The molecule has 3 nitrogen and oxygen atoms in total. The standard InChI is InChI=1S/C9H15NO2S/c1-10(5-9(12)6-11)4-8-2-3-13-7-8/h2-3,7,9,11-12H,4-6H2,1H3. The summed E-state index contributed by atoms with van der Waals surface area (Å²) in [6.07, 6.45) is -0.636. The van der Waals surface area contributed by atoms with E-state index in [1.54, 1.807) is 11.3 Å². The first kappa shape index (κ1) is 10.7. The fraction of sp³-hybridized carbons (Fsp3) is 0.556. The summed E-state index contributed by atoms with van der Waals surface area (Å²) in [5.74, 6) is 0. The molecule has 0 aromatic carbocycles. The van der Waals surface area contributed by atoms with E-state index in [0.717, 1.165) is 6.54 Å². The van der Waals surface area contributed by atoms with Crippen LogP contribution in [0.4, 0.5) is 0 Å². The van der Waals surface area contributed by atoms with Gasteiger partial charge in [-0.25, -0.2) is 0 Å². The molecule has 0 saturated carbocycles. The fourth-order valence-electron chi connectivity index (χ4n) is 1.18. The van der Waals surface area contributed by atoms with Crippen molar-refractivity contribution >= 4 is 11.3 Å². The van der Waals surface area contributed by atoms with Gasteiger partial charge in [0.15, 0.2) is 0 Å². The molecule has 0 bridgehead atoms. The van der Waals surface area contributed by atoms with Gasteiger partial charge in [0.05, 0.1) is 12.7 Å². The van der Waals surface area contributed by atoms with E-state index in [1.807, 2.05) is 17.3 Å². The predicted molar refractivity (Wildman–Crippen MR) is 53.7 cm³/mol. The van der Waals surface area contributed by atoms with Crippen molar-refractivity contribution in [2.45, 2.75) is 12.6 Å². The zero-order chi connectivity index (χ0) is 9.68. The van der Waals surface area contributed by atoms with Gasteiger partial charge in [0, 0.05) is 13.1 Å². The minimum atomic E-state index is -0.636. The van der Waals surface area contributed by atoms with Crippen LogP contribution in [0.15, 0.2) is 16.8 Å². The number of hydrogen-bond acceptors (Lipinski definition) is 4. The Balaban J connectivity index is 2.29. The van der Waals surface area contributed by atoms with Crippen molar-refractivity contribution in [3.05, 3.63) is 22.4 Å². The fourth-order valence-corrected chi connectivity index (χ4v) is 1.84. The molecule has 0 radical (unpaired) electrons. The van der Waals surface area contributed by atoms with Gasteiger partial charge >= 0.3 is 0 Å². The Morgan fingerprint density at radius 1 is 1.62 bits per heavy atom. The van der Waals surface area contributed by atoms with Crippen LogP contribution in [0.3, 0.4) is 0 Å². The number of thiophene rings is 1. The largest absolute Gasteiger partial charge is 0.394 e. The highest BCUT2D eigenvalue weighted by molar-refractivity contribution is 7.07. The Bertz CT molecular complexity index is 226. The molecular weight excluding hydrogens is 186 g/mol. The van der Waals surface area contributed by atoms with Gasteiger partial charge in [-0.1, -0.05) is 0 Å². The van der Waals surface area contributed by atoms with Crippen molar-refractivity contribution in [3.8, 4) is 0 Å². The van der Waals surface area contributed by atoms with E-state index in [1.165, 1.54) is 5.56 Å². The molecule has 2 N–H and O–H groups in total. The topological polar surface area (TPSA) is 43.7 Å². The van der Waals surface area contributed by atoms with Crippen molar-refractivity contribution in [3.63, 3.8) is 0 Å². The van der Waals surface area contributed by atoms with Crippen LogP contribution in [0.1, 0.15) is 5.56 Å². The van der Waals surface area contributed by atoms with Gasteiger partial charge < -0.3 is 10.2 Å². The lowest BCUT2D eigenvalue weighted by Gasteiger charge is -2.18. The van der Waals surface area contributed by atoms with Crippen molar-refractivity contribution in [2.24, 2.45) is 0 Å². The van der Waals surface area contributed by atoms with Crippen LogP contribution >= 0.6 is 11.3 Å². The molecule has 0 aliphatic rings. The lowest BCUT2D eigenvalue weighted by atomic mass is 10.3. The summed E-state index contributed by atoms with van der Waals surface area (Å²) in [6, 6.07) is 2.06. The molecule has 0 fully saturated rings. The molecule has 0 amide bonds. The summed E-state index contributed by atoms with van der Waals surface area (Å²) in [5, 5.41) is 21.9. The zero-order valence-electron chi connectivity index (χ0n) is 7.68. The van der Waals surface area contributed by atoms with Crippen molar-refractivity contribution in [1.29, 1.82) is 0 Å². The first-order chi connectivity index (χ1) is 6.22. The predicted octanol–water partition coefficient (Wildman–Crippen LogP) is 0.533. The van der Waals surface area contributed by atoms with Crippen LogP contribution in [0.5, 0.6) is 0 Å². The van der Waals surface area contributed by atoms with Crippen LogP contribution in [0.25, 0.3) is 0 Å². The highest BCUT2D eigenvalue weighted by atomic mass is 32.1.